The standard InChI is InChI=1S/C21H22ClF3N2O7S2/c1-20(2,3)34-19(28)26-14-7-8-18-17(10-14)27(11-15(33-18)12-35(22,29)30)36(31,32)16-6-4-5-13(9-16)21(23,24)25/h4-10,15H,11-12H2,1-3H3,(H,26,28)/t15-/m1/s1. The van der Waals surface area contributed by atoms with Crippen molar-refractivity contribution in [1.29, 1.82) is 0 Å². The molecule has 198 valence electrons. The Bertz CT molecular complexity index is 1370. The molecule has 0 saturated heterocycles. The van der Waals surface area contributed by atoms with Crippen molar-refractivity contribution in [1.82, 2.24) is 0 Å². The molecule has 2 aromatic carbocycles. The number of carbonyl (C=O) groups excluding carboxylic acids is 1. The van der Waals surface area contributed by atoms with Gasteiger partial charge in [0.05, 0.1) is 22.7 Å². The minimum Gasteiger partial charge on any atom is -0.485 e. The van der Waals surface area contributed by atoms with Crippen LogP contribution in [0.5, 0.6) is 5.75 Å². The van der Waals surface area contributed by atoms with E-state index < -0.39 is 65.8 Å². The zero-order valence-corrected chi connectivity index (χ0v) is 21.6. The van der Waals surface area contributed by atoms with Gasteiger partial charge < -0.3 is 9.47 Å². The molecule has 1 atom stereocenters. The summed E-state index contributed by atoms with van der Waals surface area (Å²) in [7, 11) is -3.46. The molecule has 1 aliphatic rings. The molecule has 0 fully saturated rings. The van der Waals surface area contributed by atoms with E-state index in [1.165, 1.54) is 18.2 Å². The van der Waals surface area contributed by atoms with E-state index in [4.69, 9.17) is 20.2 Å². The Balaban J connectivity index is 2.07. The van der Waals surface area contributed by atoms with Gasteiger partial charge in [0.25, 0.3) is 10.0 Å². The molecule has 0 saturated carbocycles. The van der Waals surface area contributed by atoms with E-state index >= 15 is 0 Å². The first-order valence-corrected chi connectivity index (χ1v) is 14.2. The van der Waals surface area contributed by atoms with Crippen LogP contribution in [-0.4, -0.2) is 46.9 Å². The number of nitrogens with zero attached hydrogens (tertiary/aromatic N) is 1. The fraction of sp³-hybridized carbons (Fsp3) is 0.381. The number of alkyl halides is 3. The summed E-state index contributed by atoms with van der Waals surface area (Å²) in [5.74, 6) is -0.850. The highest BCUT2D eigenvalue weighted by Gasteiger charge is 2.38. The number of fused-ring (bicyclic) bond motifs is 1. The van der Waals surface area contributed by atoms with E-state index in [0.717, 1.165) is 18.2 Å². The second-order valence-corrected chi connectivity index (χ2v) is 13.5. The lowest BCUT2D eigenvalue weighted by Gasteiger charge is -2.35. The number of ether oxygens (including phenoxy) is 2. The SMILES string of the molecule is CC(C)(C)OC(=O)Nc1ccc2c(c1)N(S(=O)(=O)c1cccc(C(F)(F)F)c1)C[C@H](CS(=O)(=O)Cl)O2. The second kappa shape index (κ2) is 9.63. The minimum absolute atomic E-state index is 0.0862. The summed E-state index contributed by atoms with van der Waals surface area (Å²) >= 11 is 0. The van der Waals surface area contributed by atoms with E-state index in [1.807, 2.05) is 0 Å². The first kappa shape index (κ1) is 27.9. The van der Waals surface area contributed by atoms with Crippen LogP contribution < -0.4 is 14.4 Å². The van der Waals surface area contributed by atoms with Gasteiger partial charge in [-0.05, 0) is 57.2 Å². The van der Waals surface area contributed by atoms with Gasteiger partial charge in [0.15, 0.2) is 0 Å². The monoisotopic (exact) mass is 570 g/mol. The zero-order chi connectivity index (χ0) is 27.1. The van der Waals surface area contributed by atoms with Crippen LogP contribution in [0.15, 0.2) is 47.4 Å². The molecule has 1 heterocycles. The van der Waals surface area contributed by atoms with E-state index in [2.05, 4.69) is 5.32 Å². The summed E-state index contributed by atoms with van der Waals surface area (Å²) in [6.07, 6.45) is -6.89. The molecule has 36 heavy (non-hydrogen) atoms. The van der Waals surface area contributed by atoms with Crippen LogP contribution in [0.1, 0.15) is 26.3 Å². The lowest BCUT2D eigenvalue weighted by atomic mass is 10.2. The molecular formula is C21H22ClF3N2O7S2. The summed E-state index contributed by atoms with van der Waals surface area (Å²) in [5, 5.41) is 2.43. The van der Waals surface area contributed by atoms with Gasteiger partial charge in [0.1, 0.15) is 23.2 Å². The molecule has 1 amide bonds. The number of hydrogen-bond donors (Lipinski definition) is 1. The van der Waals surface area contributed by atoms with Gasteiger partial charge in [0, 0.05) is 16.4 Å². The molecule has 2 aromatic rings. The van der Waals surface area contributed by atoms with Crippen LogP contribution in [0.3, 0.4) is 0 Å². The van der Waals surface area contributed by atoms with E-state index in [-0.39, 0.29) is 17.1 Å². The largest absolute Gasteiger partial charge is 0.485 e. The molecule has 0 spiro atoms. The van der Waals surface area contributed by atoms with Crippen LogP contribution in [0.25, 0.3) is 0 Å². The third-order valence-electron chi connectivity index (χ3n) is 4.67. The predicted octanol–water partition coefficient (Wildman–Crippen LogP) is 4.58. The Morgan fingerprint density at radius 2 is 1.81 bits per heavy atom. The van der Waals surface area contributed by atoms with E-state index in [9.17, 15) is 34.8 Å². The third kappa shape index (κ3) is 6.95. The minimum atomic E-state index is -4.80. The van der Waals surface area contributed by atoms with Crippen molar-refractivity contribution >= 4 is 47.2 Å². The highest BCUT2D eigenvalue weighted by molar-refractivity contribution is 8.13. The van der Waals surface area contributed by atoms with Crippen LogP contribution in [0.2, 0.25) is 0 Å². The fourth-order valence-electron chi connectivity index (χ4n) is 3.31. The van der Waals surface area contributed by atoms with Crippen molar-refractivity contribution in [2.75, 3.05) is 21.9 Å². The Kier molecular flexibility index (Phi) is 7.46. The van der Waals surface area contributed by atoms with Crippen molar-refractivity contribution in [3.8, 4) is 5.75 Å². The highest BCUT2D eigenvalue weighted by Crippen LogP contribution is 2.40. The first-order valence-electron chi connectivity index (χ1n) is 10.3. The molecule has 15 heteroatoms. The summed E-state index contributed by atoms with van der Waals surface area (Å²) < 4.78 is 101. The Labute approximate surface area is 210 Å². The number of rotatable bonds is 5. The molecule has 0 radical (unpaired) electrons. The number of amides is 1. The molecule has 0 aromatic heterocycles. The Morgan fingerprint density at radius 3 is 2.39 bits per heavy atom. The average Bonchev–Trinajstić information content (AvgIpc) is 2.70. The number of carbonyl (C=O) groups is 1. The molecule has 0 bridgehead atoms. The first-order chi connectivity index (χ1) is 16.3. The molecular weight excluding hydrogens is 549 g/mol. The molecule has 3 rings (SSSR count). The lowest BCUT2D eigenvalue weighted by molar-refractivity contribution is -0.137. The van der Waals surface area contributed by atoms with Gasteiger partial charge >= 0.3 is 12.3 Å². The lowest BCUT2D eigenvalue weighted by Crippen LogP contribution is -2.46. The van der Waals surface area contributed by atoms with Gasteiger partial charge in [-0.2, -0.15) is 13.2 Å². The fourth-order valence-corrected chi connectivity index (χ4v) is 5.89. The van der Waals surface area contributed by atoms with Gasteiger partial charge in [-0.1, -0.05) is 6.07 Å². The number of benzene rings is 2. The van der Waals surface area contributed by atoms with Crippen molar-refractivity contribution < 1.29 is 44.3 Å². The quantitative estimate of drug-likeness (QED) is 0.523. The van der Waals surface area contributed by atoms with E-state index in [1.54, 1.807) is 20.8 Å². The maximum absolute atomic E-state index is 13.5. The molecule has 1 aliphatic heterocycles. The number of anilines is 2. The van der Waals surface area contributed by atoms with Crippen LogP contribution in [-0.2, 0) is 30.0 Å². The maximum atomic E-state index is 13.5. The van der Waals surface area contributed by atoms with Gasteiger partial charge in [-0.15, -0.1) is 0 Å². The van der Waals surface area contributed by atoms with Crippen LogP contribution in [0.4, 0.5) is 29.3 Å². The van der Waals surface area contributed by atoms with Crippen molar-refractivity contribution in [3.05, 3.63) is 48.0 Å². The number of sulfonamides is 1. The smallest absolute Gasteiger partial charge is 0.416 e. The average molecular weight is 571 g/mol. The zero-order valence-electron chi connectivity index (χ0n) is 19.2. The molecule has 0 aliphatic carbocycles. The van der Waals surface area contributed by atoms with Gasteiger partial charge in [0.2, 0.25) is 9.05 Å². The van der Waals surface area contributed by atoms with Crippen LogP contribution in [0, 0.1) is 0 Å². The number of hydrogen-bond acceptors (Lipinski definition) is 7. The second-order valence-electron chi connectivity index (χ2n) is 8.82. The summed E-state index contributed by atoms with van der Waals surface area (Å²) in [5.41, 5.74) is -2.04. The van der Waals surface area contributed by atoms with Crippen LogP contribution >= 0.6 is 10.7 Å². The summed E-state index contributed by atoms with van der Waals surface area (Å²) in [6, 6.07) is 6.97. The third-order valence-corrected chi connectivity index (χ3v) is 7.59. The Morgan fingerprint density at radius 1 is 1.14 bits per heavy atom. The maximum Gasteiger partial charge on any atom is 0.416 e. The van der Waals surface area contributed by atoms with Crippen molar-refractivity contribution in [2.24, 2.45) is 0 Å². The topological polar surface area (TPSA) is 119 Å². The number of nitrogens with one attached hydrogen (secondary N) is 1. The van der Waals surface area contributed by atoms with Crippen molar-refractivity contribution in [3.63, 3.8) is 0 Å². The van der Waals surface area contributed by atoms with E-state index in [0.29, 0.717) is 10.4 Å². The molecule has 9 nitrogen and oxygen atoms in total. The summed E-state index contributed by atoms with van der Waals surface area (Å²) in [6.45, 7) is 4.35. The normalized spacial score (nSPS) is 16.6. The number of halogens is 4. The Hall–Kier alpha value is -2.71. The molecule has 0 unspecified atom stereocenters. The van der Waals surface area contributed by atoms with Crippen molar-refractivity contribution in [2.45, 2.75) is 43.5 Å². The highest BCUT2D eigenvalue weighted by atomic mass is 35.7. The molecule has 1 N–H and O–H groups in total. The van der Waals surface area contributed by atoms with Gasteiger partial charge in [-0.25, -0.2) is 21.6 Å². The summed E-state index contributed by atoms with van der Waals surface area (Å²) in [4.78, 5) is 11.5. The predicted molar refractivity (Wildman–Crippen MR) is 126 cm³/mol. The van der Waals surface area contributed by atoms with Gasteiger partial charge in [-0.3, -0.25) is 9.62 Å².